The van der Waals surface area contributed by atoms with Crippen LogP contribution in [0.25, 0.3) is 109 Å². The standard InChI is InChI=1S/C50H30O/c1-2-13-34-30-47-45(28-33(34)12-1)50-43(22-11-23-46(50)51-47)49-41-20-9-7-18-39(41)48(40-19-8-10-21-42(40)49)32-26-24-31(25-27-32)44-29-35-14-3-4-15-36(35)37-16-5-6-17-38(37)44/h1-30H/i1D,2D,3D,4D,5D,6D,7D,8D,9D,10D,11D,12D,13D,14D,15D,16D,17D,18D,19D,20D,21D,22D,23D,24D,25D,26D,27D,28D,29D,30D. The van der Waals surface area contributed by atoms with Gasteiger partial charge in [-0.25, -0.2) is 0 Å². The minimum absolute atomic E-state index is 0.498. The number of benzene rings is 10. The van der Waals surface area contributed by atoms with Gasteiger partial charge in [0.2, 0.25) is 0 Å². The van der Waals surface area contributed by atoms with Crippen LogP contribution in [0.15, 0.2) is 186 Å². The third kappa shape index (κ3) is 4.22. The van der Waals surface area contributed by atoms with Gasteiger partial charge in [-0.2, -0.15) is 0 Å². The summed E-state index contributed by atoms with van der Waals surface area (Å²) in [6, 6.07) is -28.2. The van der Waals surface area contributed by atoms with Gasteiger partial charge in [-0.1, -0.05) is 157 Å². The van der Waals surface area contributed by atoms with E-state index in [-0.39, 0.29) is 0 Å². The molecule has 51 heavy (non-hydrogen) atoms. The number of rotatable bonds is 3. The lowest BCUT2D eigenvalue weighted by Crippen LogP contribution is -1.91. The highest BCUT2D eigenvalue weighted by molar-refractivity contribution is 6.26. The van der Waals surface area contributed by atoms with Crippen molar-refractivity contribution in [3.63, 3.8) is 0 Å². The van der Waals surface area contributed by atoms with E-state index in [1.807, 2.05) is 0 Å². The summed E-state index contributed by atoms with van der Waals surface area (Å²) in [6.45, 7) is 0. The minimum atomic E-state index is -1.15. The van der Waals surface area contributed by atoms with Gasteiger partial charge in [-0.15, -0.1) is 0 Å². The number of hydrogen-bond donors (Lipinski definition) is 0. The summed E-state index contributed by atoms with van der Waals surface area (Å²) in [5.74, 6) is 0. The van der Waals surface area contributed by atoms with Crippen molar-refractivity contribution in [2.75, 3.05) is 0 Å². The molecule has 11 aromatic rings. The molecule has 236 valence electrons. The monoisotopic (exact) mass is 676 g/mol. The fraction of sp³-hybridized carbons (Fsp3) is 0. The van der Waals surface area contributed by atoms with Crippen molar-refractivity contribution >= 4 is 75.8 Å². The summed E-state index contributed by atoms with van der Waals surface area (Å²) in [6.07, 6.45) is 0. The van der Waals surface area contributed by atoms with Crippen molar-refractivity contribution in [2.24, 2.45) is 0 Å². The predicted octanol–water partition coefficient (Wildman–Crippen LogP) is 14.4. The van der Waals surface area contributed by atoms with Crippen molar-refractivity contribution in [3.05, 3.63) is 181 Å². The molecule has 1 heterocycles. The maximum atomic E-state index is 9.77. The molecule has 0 radical (unpaired) electrons. The Labute approximate surface area is 336 Å². The Morgan fingerprint density at radius 1 is 0.314 bits per heavy atom. The normalized spacial score (nSPS) is 20.2. The second kappa shape index (κ2) is 10.9. The van der Waals surface area contributed by atoms with E-state index in [2.05, 4.69) is 0 Å². The van der Waals surface area contributed by atoms with E-state index >= 15 is 0 Å². The molecule has 0 saturated carbocycles. The Kier molecular flexibility index (Phi) is 2.50. The Bertz CT molecular complexity index is 4820. The summed E-state index contributed by atoms with van der Waals surface area (Å²) in [5, 5.41) is -7.64. The topological polar surface area (TPSA) is 13.1 Å². The highest BCUT2D eigenvalue weighted by atomic mass is 16.3. The fourth-order valence-electron chi connectivity index (χ4n) is 6.45. The molecule has 0 aliphatic heterocycles. The molecule has 0 unspecified atom stereocenters. The first-order valence-corrected chi connectivity index (χ1v) is 15.2. The van der Waals surface area contributed by atoms with E-state index in [0.717, 1.165) is 0 Å². The smallest absolute Gasteiger partial charge is 0.136 e. The van der Waals surface area contributed by atoms with Crippen molar-refractivity contribution in [2.45, 2.75) is 0 Å². The maximum absolute atomic E-state index is 9.77. The van der Waals surface area contributed by atoms with Crippen LogP contribution in [0.1, 0.15) is 41.1 Å². The molecule has 1 nitrogen and oxygen atoms in total. The molecule has 0 aliphatic rings. The first-order valence-electron chi connectivity index (χ1n) is 30.2. The van der Waals surface area contributed by atoms with E-state index in [0.29, 0.717) is 0 Å². The number of fused-ring (bicyclic) bond motifs is 9. The summed E-state index contributed by atoms with van der Waals surface area (Å²) in [7, 11) is 0. The van der Waals surface area contributed by atoms with Crippen LogP contribution in [-0.4, -0.2) is 0 Å². The average Bonchev–Trinajstić information content (AvgIpc) is 2.49. The average molecular weight is 677 g/mol. The molecule has 0 amide bonds. The first-order chi connectivity index (χ1) is 37.8. The highest BCUT2D eigenvalue weighted by Gasteiger charge is 2.20. The summed E-state index contributed by atoms with van der Waals surface area (Å²) in [4.78, 5) is 0. The van der Waals surface area contributed by atoms with Crippen LogP contribution >= 0.6 is 0 Å². The number of furan rings is 1. The van der Waals surface area contributed by atoms with Gasteiger partial charge in [-0.3, -0.25) is 0 Å². The van der Waals surface area contributed by atoms with Gasteiger partial charge in [0.25, 0.3) is 0 Å². The summed E-state index contributed by atoms with van der Waals surface area (Å²) >= 11 is 0. The minimum Gasteiger partial charge on any atom is -0.456 e. The van der Waals surface area contributed by atoms with Gasteiger partial charge in [0.15, 0.2) is 0 Å². The third-order valence-corrected chi connectivity index (χ3v) is 8.57. The third-order valence-electron chi connectivity index (χ3n) is 8.57. The van der Waals surface area contributed by atoms with Gasteiger partial charge in [0, 0.05) is 10.8 Å². The molecule has 0 aliphatic carbocycles. The van der Waals surface area contributed by atoms with Gasteiger partial charge < -0.3 is 4.42 Å². The molecule has 1 aromatic heterocycles. The van der Waals surface area contributed by atoms with Crippen LogP contribution in [0.4, 0.5) is 0 Å². The molecular formula is C50H30O. The van der Waals surface area contributed by atoms with Crippen LogP contribution in [0, 0.1) is 0 Å². The van der Waals surface area contributed by atoms with Crippen LogP contribution in [0.3, 0.4) is 0 Å². The van der Waals surface area contributed by atoms with Crippen LogP contribution in [0.5, 0.6) is 0 Å². The lowest BCUT2D eigenvalue weighted by molar-refractivity contribution is 0.669. The Morgan fingerprint density at radius 3 is 1.53 bits per heavy atom. The van der Waals surface area contributed by atoms with E-state index in [1.165, 1.54) is 0 Å². The SMILES string of the molecule is [2H]c1c([2H])c(-c2c([2H])c3c([2H])c([2H])c([2H])c([2H])c3c3c([2H])c([2H])c([2H])c([2H])c23)c([2H])c([2H])c1-c1c2c([2H])c([2H])c([2H])c([2H])c2c(-c2c([2H])c([2H])c([2H])c3oc4c([2H])c5c([2H])c([2H])c([2H])c([2H])c5c([2H])c4c23)c2c([2H])c([2H])c([2H])c([2H])c12. The Balaban J connectivity index is 1.40. The first kappa shape index (κ1) is 11.7. The zero-order chi connectivity index (χ0) is 59.6. The van der Waals surface area contributed by atoms with Crippen LogP contribution < -0.4 is 0 Å². The molecule has 1 heteroatoms. The fourth-order valence-corrected chi connectivity index (χ4v) is 6.45. The van der Waals surface area contributed by atoms with Crippen LogP contribution in [0.2, 0.25) is 0 Å². The molecule has 10 aromatic carbocycles. The van der Waals surface area contributed by atoms with Crippen molar-refractivity contribution in [1.29, 1.82) is 0 Å². The van der Waals surface area contributed by atoms with E-state index < -0.39 is 290 Å². The Morgan fingerprint density at radius 2 is 0.843 bits per heavy atom. The van der Waals surface area contributed by atoms with Gasteiger partial charge in [-0.05, 0) is 111 Å². The van der Waals surface area contributed by atoms with E-state index in [9.17, 15) is 16.4 Å². The molecule has 0 N–H and O–H groups in total. The zero-order valence-corrected chi connectivity index (χ0v) is 25.4. The predicted molar refractivity (Wildman–Crippen MR) is 218 cm³/mol. The quantitative estimate of drug-likeness (QED) is 0.134. The lowest BCUT2D eigenvalue weighted by Gasteiger charge is -2.18. The number of hydrogen-bond acceptors (Lipinski definition) is 1. The van der Waals surface area contributed by atoms with Gasteiger partial charge in [0.1, 0.15) is 11.2 Å². The zero-order valence-electron chi connectivity index (χ0n) is 55.4. The molecule has 0 fully saturated rings. The van der Waals surface area contributed by atoms with Gasteiger partial charge >= 0.3 is 0 Å². The van der Waals surface area contributed by atoms with Crippen molar-refractivity contribution in [1.82, 2.24) is 0 Å². The molecule has 0 atom stereocenters. The van der Waals surface area contributed by atoms with E-state index in [4.69, 9.17) is 29.1 Å². The lowest BCUT2D eigenvalue weighted by atomic mass is 9.84. The second-order valence-electron chi connectivity index (χ2n) is 11.3. The van der Waals surface area contributed by atoms with Crippen LogP contribution in [-0.2, 0) is 0 Å². The van der Waals surface area contributed by atoms with E-state index in [1.54, 1.807) is 0 Å². The van der Waals surface area contributed by atoms with Gasteiger partial charge in [0.05, 0.1) is 41.1 Å². The molecular weight excluding hydrogens is 617 g/mol. The molecule has 11 rings (SSSR count). The Hall–Kier alpha value is -6.70. The molecule has 0 bridgehead atoms. The molecule has 0 spiro atoms. The maximum Gasteiger partial charge on any atom is 0.136 e. The highest BCUT2D eigenvalue weighted by Crippen LogP contribution is 2.47. The van der Waals surface area contributed by atoms with Crippen molar-refractivity contribution < 1.29 is 45.5 Å². The molecule has 0 saturated heterocycles. The summed E-state index contributed by atoms with van der Waals surface area (Å²) < 4.78 is 279. The summed E-state index contributed by atoms with van der Waals surface area (Å²) in [5.41, 5.74) is -6.09. The van der Waals surface area contributed by atoms with Crippen molar-refractivity contribution in [3.8, 4) is 33.4 Å². The largest absolute Gasteiger partial charge is 0.456 e. The second-order valence-corrected chi connectivity index (χ2v) is 11.3.